The van der Waals surface area contributed by atoms with Crippen LogP contribution in [0, 0.1) is 0 Å². The molecule has 33 heavy (non-hydrogen) atoms. The lowest BCUT2D eigenvalue weighted by Crippen LogP contribution is -2.33. The first-order valence-electron chi connectivity index (χ1n) is 11.3. The topological polar surface area (TPSA) is 87.4 Å². The number of aryl methyl sites for hydroxylation is 1. The maximum Gasteiger partial charge on any atom is 0.251 e. The number of rotatable bonds is 7. The molecule has 0 radical (unpaired) electrons. The van der Waals surface area contributed by atoms with Gasteiger partial charge >= 0.3 is 0 Å². The van der Waals surface area contributed by atoms with Crippen molar-refractivity contribution in [2.75, 3.05) is 6.54 Å². The lowest BCUT2D eigenvalue weighted by molar-refractivity contribution is 0.0896. The van der Waals surface area contributed by atoms with Crippen molar-refractivity contribution >= 4 is 16.9 Å². The molecule has 5 rings (SSSR count). The molecule has 1 aliphatic rings. The predicted octanol–water partition coefficient (Wildman–Crippen LogP) is 3.60. The van der Waals surface area contributed by atoms with Crippen LogP contribution >= 0.6 is 0 Å². The summed E-state index contributed by atoms with van der Waals surface area (Å²) in [5, 5.41) is 25.1. The van der Waals surface area contributed by atoms with E-state index >= 15 is 0 Å². The number of aliphatic hydroxyl groups is 2. The number of carbonyl (C=O) groups excluding carboxylic acids is 1. The minimum atomic E-state index is -1.46. The van der Waals surface area contributed by atoms with E-state index in [1.54, 1.807) is 12.1 Å². The minimum Gasteiger partial charge on any atom is -0.388 e. The fourth-order valence-corrected chi connectivity index (χ4v) is 4.31. The van der Waals surface area contributed by atoms with Crippen LogP contribution in [0.4, 0.5) is 0 Å². The van der Waals surface area contributed by atoms with Crippen molar-refractivity contribution in [3.63, 3.8) is 0 Å². The van der Waals surface area contributed by atoms with E-state index in [1.807, 2.05) is 78.2 Å². The second-order valence-corrected chi connectivity index (χ2v) is 8.73. The quantitative estimate of drug-likeness (QED) is 0.409. The van der Waals surface area contributed by atoms with E-state index in [0.29, 0.717) is 23.4 Å². The van der Waals surface area contributed by atoms with E-state index in [4.69, 9.17) is 4.98 Å². The Bertz CT molecular complexity index is 1250. The predicted molar refractivity (Wildman–Crippen MR) is 127 cm³/mol. The molecule has 1 heterocycles. The molecule has 3 aromatic carbocycles. The van der Waals surface area contributed by atoms with Crippen LogP contribution < -0.4 is 5.32 Å². The normalized spacial score (nSPS) is 14.9. The zero-order valence-electron chi connectivity index (χ0n) is 18.5. The highest BCUT2D eigenvalue weighted by Crippen LogP contribution is 2.38. The highest BCUT2D eigenvalue weighted by molar-refractivity contribution is 5.97. The number of aromatic nitrogens is 2. The van der Waals surface area contributed by atoms with Crippen molar-refractivity contribution in [3.8, 4) is 0 Å². The van der Waals surface area contributed by atoms with Crippen LogP contribution in [0.3, 0.4) is 0 Å². The average molecular weight is 442 g/mol. The van der Waals surface area contributed by atoms with Crippen LogP contribution in [-0.2, 0) is 12.1 Å². The second kappa shape index (κ2) is 8.14. The Hall–Kier alpha value is -3.48. The summed E-state index contributed by atoms with van der Waals surface area (Å²) in [6.07, 6.45) is 1.44. The van der Waals surface area contributed by atoms with Gasteiger partial charge in [0.2, 0.25) is 0 Å². The molecule has 1 aromatic heterocycles. The third-order valence-electron chi connectivity index (χ3n) is 6.44. The van der Waals surface area contributed by atoms with Crippen LogP contribution in [0.25, 0.3) is 11.0 Å². The molecule has 0 spiro atoms. The van der Waals surface area contributed by atoms with Gasteiger partial charge in [0.25, 0.3) is 5.91 Å². The Morgan fingerprint density at radius 1 is 1.03 bits per heavy atom. The molecule has 0 unspecified atom stereocenters. The number of carbonyl (C=O) groups is 1. The Balaban J connectivity index is 1.62. The van der Waals surface area contributed by atoms with Gasteiger partial charge in [-0.25, -0.2) is 4.98 Å². The third-order valence-corrected chi connectivity index (χ3v) is 6.44. The first-order chi connectivity index (χ1) is 15.9. The smallest absolute Gasteiger partial charge is 0.251 e. The minimum absolute atomic E-state index is 0.232. The van der Waals surface area contributed by atoms with E-state index in [2.05, 4.69) is 5.32 Å². The van der Waals surface area contributed by atoms with Crippen LogP contribution in [-0.4, -0.2) is 37.8 Å². The average Bonchev–Trinajstić information content (AvgIpc) is 3.48. The zero-order chi connectivity index (χ0) is 23.1. The highest BCUT2D eigenvalue weighted by atomic mass is 16.3. The van der Waals surface area contributed by atoms with Crippen LogP contribution in [0.15, 0.2) is 78.9 Å². The molecule has 3 N–H and O–H groups in total. The number of imidazole rings is 1. The summed E-state index contributed by atoms with van der Waals surface area (Å²) < 4.78 is 1.96. The molecular weight excluding hydrogens is 414 g/mol. The summed E-state index contributed by atoms with van der Waals surface area (Å²) >= 11 is 0. The van der Waals surface area contributed by atoms with Gasteiger partial charge in [-0.05, 0) is 49.1 Å². The highest BCUT2D eigenvalue weighted by Gasteiger charge is 2.41. The summed E-state index contributed by atoms with van der Waals surface area (Å²) in [7, 11) is 0. The van der Waals surface area contributed by atoms with Gasteiger partial charge in [-0.15, -0.1) is 0 Å². The summed E-state index contributed by atoms with van der Waals surface area (Å²) in [4.78, 5) is 17.6. The molecule has 1 amide bonds. The number of fused-ring (bicyclic) bond motifs is 1. The van der Waals surface area contributed by atoms with Gasteiger partial charge in [0.05, 0.1) is 16.6 Å². The number of amides is 1. The van der Waals surface area contributed by atoms with Crippen molar-refractivity contribution in [1.82, 2.24) is 14.9 Å². The number of hydrogen-bond donors (Lipinski definition) is 3. The van der Waals surface area contributed by atoms with Gasteiger partial charge in [0.15, 0.2) is 11.4 Å². The Morgan fingerprint density at radius 3 is 2.18 bits per heavy atom. The molecule has 4 aromatic rings. The van der Waals surface area contributed by atoms with Gasteiger partial charge in [0.1, 0.15) is 0 Å². The molecule has 0 atom stereocenters. The van der Waals surface area contributed by atoms with Crippen LogP contribution in [0.5, 0.6) is 0 Å². The fraction of sp³-hybridized carbons (Fsp3) is 0.259. The molecule has 1 aliphatic carbocycles. The maximum absolute atomic E-state index is 12.7. The number of hydrogen-bond acceptors (Lipinski definition) is 4. The van der Waals surface area contributed by atoms with E-state index in [1.165, 1.54) is 0 Å². The zero-order valence-corrected chi connectivity index (χ0v) is 18.5. The van der Waals surface area contributed by atoms with Gasteiger partial charge in [-0.2, -0.15) is 0 Å². The van der Waals surface area contributed by atoms with Crippen LogP contribution in [0.2, 0.25) is 0 Å². The van der Waals surface area contributed by atoms with Crippen molar-refractivity contribution < 1.29 is 15.0 Å². The molecule has 6 nitrogen and oxygen atoms in total. The molecular formula is C27H27N3O3. The molecule has 168 valence electrons. The Morgan fingerprint density at radius 2 is 1.64 bits per heavy atom. The molecule has 1 saturated carbocycles. The number of benzene rings is 3. The molecule has 6 heteroatoms. The standard InChI is InChI=1S/C27H27N3O3/c1-2-30-23-17-19(24(31)28-18-26(32)15-16-26)13-14-22(23)29-25(30)27(33,20-9-5-3-6-10-20)21-11-7-4-8-12-21/h3-14,17,32-33H,2,15-16,18H2,1H3,(H,28,31). The maximum atomic E-state index is 12.7. The second-order valence-electron chi connectivity index (χ2n) is 8.73. The molecule has 1 fully saturated rings. The summed E-state index contributed by atoms with van der Waals surface area (Å²) in [6, 6.07) is 24.4. The Kier molecular flexibility index (Phi) is 5.27. The summed E-state index contributed by atoms with van der Waals surface area (Å²) in [6.45, 7) is 2.82. The fourth-order valence-electron chi connectivity index (χ4n) is 4.31. The molecule has 0 saturated heterocycles. The van der Waals surface area contributed by atoms with E-state index in [0.717, 1.165) is 29.5 Å². The monoisotopic (exact) mass is 441 g/mol. The summed E-state index contributed by atoms with van der Waals surface area (Å²) in [5.74, 6) is 0.270. The number of nitrogens with zero attached hydrogens (tertiary/aromatic N) is 2. The lowest BCUT2D eigenvalue weighted by Gasteiger charge is -2.29. The number of nitrogens with one attached hydrogen (secondary N) is 1. The lowest BCUT2D eigenvalue weighted by atomic mass is 9.85. The SMILES string of the molecule is CCn1c(C(O)(c2ccccc2)c2ccccc2)nc2ccc(C(=O)NCC3(O)CC3)cc21. The first-order valence-corrected chi connectivity index (χ1v) is 11.3. The van der Waals surface area contributed by atoms with Crippen molar-refractivity contribution in [3.05, 3.63) is 101 Å². The molecule has 0 aliphatic heterocycles. The Labute approximate surface area is 192 Å². The van der Waals surface area contributed by atoms with Gasteiger partial charge < -0.3 is 20.1 Å². The largest absolute Gasteiger partial charge is 0.388 e. The third kappa shape index (κ3) is 3.81. The van der Waals surface area contributed by atoms with Gasteiger partial charge in [0, 0.05) is 18.7 Å². The van der Waals surface area contributed by atoms with Crippen molar-refractivity contribution in [2.24, 2.45) is 0 Å². The summed E-state index contributed by atoms with van der Waals surface area (Å²) in [5.41, 5.74) is 1.20. The van der Waals surface area contributed by atoms with Gasteiger partial charge in [-0.3, -0.25) is 4.79 Å². The van der Waals surface area contributed by atoms with E-state index in [-0.39, 0.29) is 12.5 Å². The van der Waals surface area contributed by atoms with E-state index in [9.17, 15) is 15.0 Å². The first kappa shape index (κ1) is 21.4. The van der Waals surface area contributed by atoms with E-state index < -0.39 is 11.2 Å². The molecule has 0 bridgehead atoms. The van der Waals surface area contributed by atoms with Crippen molar-refractivity contribution in [2.45, 2.75) is 37.5 Å². The van der Waals surface area contributed by atoms with Crippen molar-refractivity contribution in [1.29, 1.82) is 0 Å². The van der Waals surface area contributed by atoms with Gasteiger partial charge in [-0.1, -0.05) is 60.7 Å². The van der Waals surface area contributed by atoms with Crippen LogP contribution in [0.1, 0.15) is 47.1 Å².